The zero-order chi connectivity index (χ0) is 19.1. The lowest BCUT2D eigenvalue weighted by molar-refractivity contribution is -0.129. The van der Waals surface area contributed by atoms with E-state index in [1.165, 1.54) is 0 Å². The Bertz CT molecular complexity index is 925. The molecule has 0 heterocycles. The van der Waals surface area contributed by atoms with Crippen LogP contribution >= 0.6 is 0 Å². The van der Waals surface area contributed by atoms with Crippen LogP contribution in [-0.2, 0) is 16.1 Å². The van der Waals surface area contributed by atoms with E-state index in [2.05, 4.69) is 10.6 Å². The van der Waals surface area contributed by atoms with Crippen LogP contribution in [0.15, 0.2) is 72.8 Å². The van der Waals surface area contributed by atoms with Crippen molar-refractivity contribution in [2.24, 2.45) is 0 Å². The largest absolute Gasteiger partial charge is 0.484 e. The monoisotopic (exact) mass is 362 g/mol. The number of benzene rings is 3. The van der Waals surface area contributed by atoms with E-state index >= 15 is 0 Å². The smallest absolute Gasteiger partial charge is 0.258 e. The second kappa shape index (κ2) is 8.85. The number of nitrogens with one attached hydrogen (secondary N) is 2. The van der Waals surface area contributed by atoms with Crippen molar-refractivity contribution in [3.05, 3.63) is 78.4 Å². The third-order valence-corrected chi connectivity index (χ3v) is 4.17. The minimum Gasteiger partial charge on any atom is -0.484 e. The summed E-state index contributed by atoms with van der Waals surface area (Å²) in [4.78, 5) is 24.2. The molecule has 0 fully saturated rings. The van der Waals surface area contributed by atoms with Crippen molar-refractivity contribution >= 4 is 22.6 Å². The maximum Gasteiger partial charge on any atom is 0.258 e. The van der Waals surface area contributed by atoms with Crippen molar-refractivity contribution in [2.45, 2.75) is 19.5 Å². The van der Waals surface area contributed by atoms with Crippen LogP contribution in [0.1, 0.15) is 12.5 Å². The molecule has 5 heteroatoms. The Morgan fingerprint density at radius 1 is 0.926 bits per heavy atom. The molecule has 0 aromatic heterocycles. The molecule has 0 spiro atoms. The highest BCUT2D eigenvalue weighted by Crippen LogP contribution is 2.20. The van der Waals surface area contributed by atoms with Gasteiger partial charge in [-0.2, -0.15) is 0 Å². The SMILES string of the molecule is CC(NC(=O)COc1ccc2ccccc2c1)C(=O)NCc1ccccc1. The minimum absolute atomic E-state index is 0.144. The molecule has 1 unspecified atom stereocenters. The summed E-state index contributed by atoms with van der Waals surface area (Å²) in [6.07, 6.45) is 0. The van der Waals surface area contributed by atoms with Gasteiger partial charge in [0.15, 0.2) is 6.61 Å². The Kier molecular flexibility index (Phi) is 6.05. The van der Waals surface area contributed by atoms with Crippen LogP contribution in [0.4, 0.5) is 0 Å². The average molecular weight is 362 g/mol. The van der Waals surface area contributed by atoms with Gasteiger partial charge >= 0.3 is 0 Å². The molecule has 0 saturated carbocycles. The van der Waals surface area contributed by atoms with E-state index < -0.39 is 6.04 Å². The molecular formula is C22H22N2O3. The standard InChI is InChI=1S/C22H22N2O3/c1-16(22(26)23-14-17-7-3-2-4-8-17)24-21(25)15-27-20-12-11-18-9-5-6-10-19(18)13-20/h2-13,16H,14-15H2,1H3,(H,23,26)(H,24,25). The Labute approximate surface area is 158 Å². The third kappa shape index (κ3) is 5.31. The van der Waals surface area contributed by atoms with Gasteiger partial charge in [-0.25, -0.2) is 0 Å². The molecule has 0 aliphatic heterocycles. The quantitative estimate of drug-likeness (QED) is 0.679. The first kappa shape index (κ1) is 18.5. The summed E-state index contributed by atoms with van der Waals surface area (Å²) >= 11 is 0. The van der Waals surface area contributed by atoms with Gasteiger partial charge in [0.1, 0.15) is 11.8 Å². The molecule has 2 N–H and O–H groups in total. The highest BCUT2D eigenvalue weighted by molar-refractivity contribution is 5.88. The fourth-order valence-corrected chi connectivity index (χ4v) is 2.69. The molecule has 5 nitrogen and oxygen atoms in total. The van der Waals surface area contributed by atoms with Crippen molar-refractivity contribution in [3.8, 4) is 5.75 Å². The Balaban J connectivity index is 1.45. The van der Waals surface area contributed by atoms with Crippen LogP contribution in [0.3, 0.4) is 0 Å². The molecule has 3 rings (SSSR count). The number of carbonyl (C=O) groups excluding carboxylic acids is 2. The van der Waals surface area contributed by atoms with E-state index in [4.69, 9.17) is 4.74 Å². The molecule has 0 aliphatic carbocycles. The van der Waals surface area contributed by atoms with Crippen LogP contribution in [0.2, 0.25) is 0 Å². The Morgan fingerprint density at radius 3 is 2.41 bits per heavy atom. The third-order valence-electron chi connectivity index (χ3n) is 4.17. The highest BCUT2D eigenvalue weighted by Gasteiger charge is 2.15. The van der Waals surface area contributed by atoms with E-state index in [1.54, 1.807) is 6.92 Å². The van der Waals surface area contributed by atoms with Gasteiger partial charge in [-0.05, 0) is 35.4 Å². The van der Waals surface area contributed by atoms with Crippen LogP contribution in [0, 0.1) is 0 Å². The van der Waals surface area contributed by atoms with Gasteiger partial charge in [-0.1, -0.05) is 60.7 Å². The number of fused-ring (bicyclic) bond motifs is 1. The molecule has 3 aromatic carbocycles. The molecule has 0 bridgehead atoms. The van der Waals surface area contributed by atoms with Crippen molar-refractivity contribution in [3.63, 3.8) is 0 Å². The van der Waals surface area contributed by atoms with Gasteiger partial charge in [0.05, 0.1) is 0 Å². The van der Waals surface area contributed by atoms with Crippen LogP contribution in [0.5, 0.6) is 5.75 Å². The van der Waals surface area contributed by atoms with E-state index in [-0.39, 0.29) is 18.4 Å². The molecule has 0 saturated heterocycles. The fourth-order valence-electron chi connectivity index (χ4n) is 2.69. The number of amides is 2. The van der Waals surface area contributed by atoms with Crippen molar-refractivity contribution < 1.29 is 14.3 Å². The molecule has 27 heavy (non-hydrogen) atoms. The number of carbonyl (C=O) groups is 2. The zero-order valence-electron chi connectivity index (χ0n) is 15.1. The molecule has 0 radical (unpaired) electrons. The van der Waals surface area contributed by atoms with Crippen molar-refractivity contribution in [1.82, 2.24) is 10.6 Å². The Hall–Kier alpha value is -3.34. The number of hydrogen-bond acceptors (Lipinski definition) is 3. The maximum absolute atomic E-state index is 12.1. The van der Waals surface area contributed by atoms with Crippen LogP contribution < -0.4 is 15.4 Å². The molecule has 1 atom stereocenters. The lowest BCUT2D eigenvalue weighted by Gasteiger charge is -2.14. The first-order valence-electron chi connectivity index (χ1n) is 8.84. The topological polar surface area (TPSA) is 67.4 Å². The van der Waals surface area contributed by atoms with Crippen molar-refractivity contribution in [2.75, 3.05) is 6.61 Å². The molecule has 0 aliphatic rings. The maximum atomic E-state index is 12.1. The van der Waals surface area contributed by atoms with Gasteiger partial charge < -0.3 is 15.4 Å². The molecule has 138 valence electrons. The molecular weight excluding hydrogens is 340 g/mol. The van der Waals surface area contributed by atoms with E-state index in [1.807, 2.05) is 72.8 Å². The summed E-state index contributed by atoms with van der Waals surface area (Å²) in [5.74, 6) is 0.0356. The van der Waals surface area contributed by atoms with E-state index in [9.17, 15) is 9.59 Å². The number of rotatable bonds is 7. The first-order chi connectivity index (χ1) is 13.1. The van der Waals surface area contributed by atoms with Gasteiger partial charge in [0, 0.05) is 6.54 Å². The molecule has 2 amide bonds. The van der Waals surface area contributed by atoms with Crippen LogP contribution in [0.25, 0.3) is 10.8 Å². The lowest BCUT2D eigenvalue weighted by atomic mass is 10.1. The minimum atomic E-state index is -0.638. The summed E-state index contributed by atoms with van der Waals surface area (Å²) in [7, 11) is 0. The van der Waals surface area contributed by atoms with Gasteiger partial charge in [-0.3, -0.25) is 9.59 Å². The predicted molar refractivity (Wildman–Crippen MR) is 105 cm³/mol. The highest BCUT2D eigenvalue weighted by atomic mass is 16.5. The van der Waals surface area contributed by atoms with Gasteiger partial charge in [-0.15, -0.1) is 0 Å². The van der Waals surface area contributed by atoms with E-state index in [0.29, 0.717) is 12.3 Å². The number of ether oxygens (including phenoxy) is 1. The summed E-state index contributed by atoms with van der Waals surface area (Å²) < 4.78 is 5.54. The fraction of sp³-hybridized carbons (Fsp3) is 0.182. The van der Waals surface area contributed by atoms with Crippen LogP contribution in [-0.4, -0.2) is 24.5 Å². The molecule has 3 aromatic rings. The normalized spacial score (nSPS) is 11.6. The Morgan fingerprint density at radius 2 is 1.63 bits per heavy atom. The van der Waals surface area contributed by atoms with Gasteiger partial charge in [0.25, 0.3) is 5.91 Å². The van der Waals surface area contributed by atoms with Gasteiger partial charge in [0.2, 0.25) is 5.91 Å². The zero-order valence-corrected chi connectivity index (χ0v) is 15.1. The summed E-state index contributed by atoms with van der Waals surface area (Å²) in [6.45, 7) is 1.93. The predicted octanol–water partition coefficient (Wildman–Crippen LogP) is 3.04. The van der Waals surface area contributed by atoms with E-state index in [0.717, 1.165) is 16.3 Å². The summed E-state index contributed by atoms with van der Waals surface area (Å²) in [6, 6.07) is 22.6. The lowest BCUT2D eigenvalue weighted by Crippen LogP contribution is -2.46. The number of hydrogen-bond donors (Lipinski definition) is 2. The second-order valence-corrected chi connectivity index (χ2v) is 6.29. The first-order valence-corrected chi connectivity index (χ1v) is 8.84. The summed E-state index contributed by atoms with van der Waals surface area (Å²) in [5.41, 5.74) is 1.00. The average Bonchev–Trinajstić information content (AvgIpc) is 2.71. The summed E-state index contributed by atoms with van der Waals surface area (Å²) in [5, 5.41) is 7.61. The van der Waals surface area contributed by atoms with Crippen molar-refractivity contribution in [1.29, 1.82) is 0 Å². The second-order valence-electron chi connectivity index (χ2n) is 6.29.